The SMILES string of the molecule is CCn1ccc(C(=O)N(Cc2cccnc2)c2nc3cc(C)cc(C)c3s2)n1. The number of rotatable bonds is 5. The topological polar surface area (TPSA) is 63.9 Å². The molecule has 0 radical (unpaired) electrons. The van der Waals surface area contributed by atoms with Crippen LogP contribution in [-0.4, -0.2) is 25.7 Å². The maximum atomic E-state index is 13.3. The summed E-state index contributed by atoms with van der Waals surface area (Å²) in [6, 6.07) is 9.78. The van der Waals surface area contributed by atoms with E-state index in [0.29, 0.717) is 17.4 Å². The molecule has 4 aromatic rings. The summed E-state index contributed by atoms with van der Waals surface area (Å²) in [6.07, 6.45) is 5.32. The second-order valence-electron chi connectivity index (χ2n) is 6.74. The van der Waals surface area contributed by atoms with E-state index in [1.54, 1.807) is 28.0 Å². The van der Waals surface area contributed by atoms with Crippen LogP contribution in [0.15, 0.2) is 48.9 Å². The second-order valence-corrected chi connectivity index (χ2v) is 7.71. The highest BCUT2D eigenvalue weighted by atomic mass is 32.1. The number of pyridine rings is 1. The van der Waals surface area contributed by atoms with Crippen LogP contribution in [0, 0.1) is 13.8 Å². The Kier molecular flexibility index (Phi) is 4.92. The molecule has 0 N–H and O–H groups in total. The van der Waals surface area contributed by atoms with Crippen LogP contribution in [0.4, 0.5) is 5.13 Å². The number of anilines is 1. The minimum atomic E-state index is -0.163. The zero-order valence-corrected chi connectivity index (χ0v) is 16.9. The number of amides is 1. The van der Waals surface area contributed by atoms with Crippen LogP contribution in [-0.2, 0) is 13.1 Å². The van der Waals surface area contributed by atoms with Gasteiger partial charge < -0.3 is 0 Å². The molecule has 6 nitrogen and oxygen atoms in total. The van der Waals surface area contributed by atoms with Crippen LogP contribution in [0.25, 0.3) is 10.2 Å². The number of aromatic nitrogens is 4. The molecule has 0 spiro atoms. The van der Waals surface area contributed by atoms with E-state index in [-0.39, 0.29) is 5.91 Å². The molecule has 3 aromatic heterocycles. The van der Waals surface area contributed by atoms with Crippen LogP contribution < -0.4 is 4.90 Å². The van der Waals surface area contributed by atoms with Gasteiger partial charge in [0.1, 0.15) is 0 Å². The van der Waals surface area contributed by atoms with Crippen molar-refractivity contribution in [1.82, 2.24) is 19.7 Å². The van der Waals surface area contributed by atoms with Gasteiger partial charge >= 0.3 is 0 Å². The molecule has 3 heterocycles. The molecule has 0 aliphatic rings. The Morgan fingerprint density at radius 2 is 2.11 bits per heavy atom. The Bertz CT molecular complexity index is 1130. The summed E-state index contributed by atoms with van der Waals surface area (Å²) in [5.41, 5.74) is 4.60. The Morgan fingerprint density at radius 1 is 1.25 bits per heavy atom. The summed E-state index contributed by atoms with van der Waals surface area (Å²) in [5.74, 6) is -0.163. The Morgan fingerprint density at radius 3 is 2.82 bits per heavy atom. The van der Waals surface area contributed by atoms with E-state index in [4.69, 9.17) is 4.98 Å². The van der Waals surface area contributed by atoms with Gasteiger partial charge in [-0.05, 0) is 55.7 Å². The van der Waals surface area contributed by atoms with Gasteiger partial charge in [-0.3, -0.25) is 19.4 Å². The van der Waals surface area contributed by atoms with Crippen molar-refractivity contribution in [2.24, 2.45) is 0 Å². The molecule has 0 aliphatic carbocycles. The van der Waals surface area contributed by atoms with Crippen molar-refractivity contribution in [2.75, 3.05) is 4.90 Å². The van der Waals surface area contributed by atoms with Crippen LogP contribution >= 0.6 is 11.3 Å². The molecule has 0 bridgehead atoms. The van der Waals surface area contributed by atoms with Gasteiger partial charge in [0.25, 0.3) is 5.91 Å². The number of carbonyl (C=O) groups is 1. The summed E-state index contributed by atoms with van der Waals surface area (Å²) >= 11 is 1.53. The first-order chi connectivity index (χ1) is 13.5. The largest absolute Gasteiger partial charge is 0.280 e. The Hall–Kier alpha value is -3.06. The summed E-state index contributed by atoms with van der Waals surface area (Å²) in [6.45, 7) is 7.24. The van der Waals surface area contributed by atoms with Crippen molar-refractivity contribution >= 4 is 32.6 Å². The summed E-state index contributed by atoms with van der Waals surface area (Å²) in [5, 5.41) is 5.06. The van der Waals surface area contributed by atoms with E-state index in [1.807, 2.05) is 25.3 Å². The van der Waals surface area contributed by atoms with Gasteiger partial charge in [0.15, 0.2) is 10.8 Å². The first-order valence-electron chi connectivity index (χ1n) is 9.17. The third-order valence-electron chi connectivity index (χ3n) is 4.53. The molecule has 0 aliphatic heterocycles. The fourth-order valence-electron chi connectivity index (χ4n) is 3.17. The van der Waals surface area contributed by atoms with Crippen molar-refractivity contribution in [3.05, 3.63) is 71.3 Å². The number of thiazole rings is 1. The number of benzene rings is 1. The summed E-state index contributed by atoms with van der Waals surface area (Å²) in [4.78, 5) is 23.9. The standard InChI is InChI=1S/C21H21N5OS/c1-4-25-9-7-17(24-25)20(27)26(13-16-6-5-8-22-12-16)21-23-18-11-14(2)10-15(3)19(18)28-21/h5-12H,4,13H2,1-3H3. The number of fused-ring (bicyclic) bond motifs is 1. The van der Waals surface area contributed by atoms with E-state index < -0.39 is 0 Å². The molecule has 0 fully saturated rings. The van der Waals surface area contributed by atoms with Crippen molar-refractivity contribution in [3.63, 3.8) is 0 Å². The van der Waals surface area contributed by atoms with Crippen molar-refractivity contribution in [3.8, 4) is 0 Å². The van der Waals surface area contributed by atoms with E-state index in [9.17, 15) is 4.79 Å². The van der Waals surface area contributed by atoms with E-state index in [2.05, 4.69) is 36.1 Å². The highest BCUT2D eigenvalue weighted by molar-refractivity contribution is 7.22. The highest BCUT2D eigenvalue weighted by Crippen LogP contribution is 2.33. The lowest BCUT2D eigenvalue weighted by Gasteiger charge is -2.18. The van der Waals surface area contributed by atoms with E-state index in [0.717, 1.165) is 27.9 Å². The summed E-state index contributed by atoms with van der Waals surface area (Å²) < 4.78 is 2.85. The van der Waals surface area contributed by atoms with Crippen molar-refractivity contribution in [2.45, 2.75) is 33.9 Å². The number of nitrogens with zero attached hydrogens (tertiary/aromatic N) is 5. The molecule has 4 rings (SSSR count). The number of aryl methyl sites for hydroxylation is 3. The van der Waals surface area contributed by atoms with Crippen LogP contribution in [0.3, 0.4) is 0 Å². The lowest BCUT2D eigenvalue weighted by molar-refractivity contribution is 0.0979. The molecular formula is C21H21N5OS. The average Bonchev–Trinajstić information content (AvgIpc) is 3.33. The van der Waals surface area contributed by atoms with Crippen LogP contribution in [0.1, 0.15) is 34.1 Å². The number of hydrogen-bond acceptors (Lipinski definition) is 5. The molecule has 1 amide bonds. The molecule has 0 atom stereocenters. The lowest BCUT2D eigenvalue weighted by Crippen LogP contribution is -2.30. The highest BCUT2D eigenvalue weighted by Gasteiger charge is 2.24. The molecule has 7 heteroatoms. The molecule has 1 aromatic carbocycles. The second kappa shape index (κ2) is 7.52. The Labute approximate surface area is 167 Å². The fraction of sp³-hybridized carbons (Fsp3) is 0.238. The minimum Gasteiger partial charge on any atom is -0.278 e. The van der Waals surface area contributed by atoms with Gasteiger partial charge in [0.05, 0.1) is 16.8 Å². The van der Waals surface area contributed by atoms with E-state index >= 15 is 0 Å². The van der Waals surface area contributed by atoms with Crippen molar-refractivity contribution < 1.29 is 4.79 Å². The smallest absolute Gasteiger partial charge is 0.278 e. The maximum absolute atomic E-state index is 13.3. The molecular weight excluding hydrogens is 370 g/mol. The van der Waals surface area contributed by atoms with E-state index in [1.165, 1.54) is 16.9 Å². The third-order valence-corrected chi connectivity index (χ3v) is 5.76. The molecule has 0 saturated carbocycles. The molecule has 0 saturated heterocycles. The summed E-state index contributed by atoms with van der Waals surface area (Å²) in [7, 11) is 0. The van der Waals surface area contributed by atoms with Gasteiger partial charge in [-0.25, -0.2) is 4.98 Å². The zero-order chi connectivity index (χ0) is 19.7. The van der Waals surface area contributed by atoms with Gasteiger partial charge in [0, 0.05) is 25.1 Å². The predicted octanol–water partition coefficient (Wildman–Crippen LogP) is 4.37. The molecule has 0 unspecified atom stereocenters. The van der Waals surface area contributed by atoms with Gasteiger partial charge in [0.2, 0.25) is 0 Å². The predicted molar refractivity (Wildman–Crippen MR) is 112 cm³/mol. The maximum Gasteiger partial charge on any atom is 0.280 e. The normalized spacial score (nSPS) is 11.1. The first kappa shape index (κ1) is 18.3. The van der Waals surface area contributed by atoms with Gasteiger partial charge in [-0.15, -0.1) is 0 Å². The van der Waals surface area contributed by atoms with Gasteiger partial charge in [-0.2, -0.15) is 5.10 Å². The van der Waals surface area contributed by atoms with Gasteiger partial charge in [-0.1, -0.05) is 23.5 Å². The minimum absolute atomic E-state index is 0.163. The lowest BCUT2D eigenvalue weighted by atomic mass is 10.1. The molecule has 142 valence electrons. The van der Waals surface area contributed by atoms with Crippen LogP contribution in [0.2, 0.25) is 0 Å². The number of carbonyl (C=O) groups excluding carboxylic acids is 1. The third kappa shape index (κ3) is 3.53. The fourth-order valence-corrected chi connectivity index (χ4v) is 4.18. The Balaban J connectivity index is 1.78. The quantitative estimate of drug-likeness (QED) is 0.507. The zero-order valence-electron chi connectivity index (χ0n) is 16.1. The first-order valence-corrected chi connectivity index (χ1v) is 9.99. The monoisotopic (exact) mass is 391 g/mol. The van der Waals surface area contributed by atoms with Crippen LogP contribution in [0.5, 0.6) is 0 Å². The number of hydrogen-bond donors (Lipinski definition) is 0. The molecule has 28 heavy (non-hydrogen) atoms. The average molecular weight is 392 g/mol. The van der Waals surface area contributed by atoms with Crippen molar-refractivity contribution in [1.29, 1.82) is 0 Å².